The molecule has 1 amide bonds. The Kier molecular flexibility index (Phi) is 3.48. The molecule has 0 aliphatic carbocycles. The van der Waals surface area contributed by atoms with Crippen LogP contribution >= 0.6 is 0 Å². The summed E-state index contributed by atoms with van der Waals surface area (Å²) in [5.41, 5.74) is 7.95. The highest BCUT2D eigenvalue weighted by molar-refractivity contribution is 5.99. The van der Waals surface area contributed by atoms with Crippen LogP contribution in [0.2, 0.25) is 0 Å². The predicted molar refractivity (Wildman–Crippen MR) is 69.9 cm³/mol. The average Bonchev–Trinajstić information content (AvgIpc) is 2.40. The van der Waals surface area contributed by atoms with Crippen molar-refractivity contribution in [2.75, 3.05) is 0 Å². The fraction of sp³-hybridized carbons (Fsp3) is 0.0714. The molecule has 0 aliphatic rings. The van der Waals surface area contributed by atoms with Crippen LogP contribution in [0.3, 0.4) is 0 Å². The molecule has 2 N–H and O–H groups in total. The van der Waals surface area contributed by atoms with Gasteiger partial charge in [-0.05, 0) is 18.2 Å². The molecule has 0 aliphatic heterocycles. The Hall–Kier alpha value is -2.49. The summed E-state index contributed by atoms with van der Waals surface area (Å²) >= 11 is 0. The standard InChI is InChI=1S/C14H13N3O/c1-2-5-10-8-9-13(17-16-10)11-6-3-4-7-12(11)14(15)18/h2-4,6-9H,1,5H2,(H2,15,18). The molecule has 2 rings (SSSR count). The third-order valence-electron chi connectivity index (χ3n) is 2.54. The number of aromatic nitrogens is 2. The molecule has 2 aromatic rings. The Morgan fingerprint density at radius 2 is 2.00 bits per heavy atom. The summed E-state index contributed by atoms with van der Waals surface area (Å²) in [7, 11) is 0. The first-order valence-electron chi connectivity index (χ1n) is 5.55. The van der Waals surface area contributed by atoms with E-state index in [4.69, 9.17) is 5.73 Å². The normalized spacial score (nSPS) is 10.0. The molecule has 0 saturated carbocycles. The van der Waals surface area contributed by atoms with Crippen LogP contribution in [0.5, 0.6) is 0 Å². The Bertz CT molecular complexity index is 576. The summed E-state index contributed by atoms with van der Waals surface area (Å²) < 4.78 is 0. The summed E-state index contributed by atoms with van der Waals surface area (Å²) in [6.45, 7) is 3.64. The molecular formula is C14H13N3O. The number of nitrogens with zero attached hydrogens (tertiary/aromatic N) is 2. The monoisotopic (exact) mass is 239 g/mol. The third-order valence-corrected chi connectivity index (χ3v) is 2.54. The lowest BCUT2D eigenvalue weighted by Gasteiger charge is -2.05. The van der Waals surface area contributed by atoms with Gasteiger partial charge >= 0.3 is 0 Å². The van der Waals surface area contributed by atoms with Gasteiger partial charge in [-0.2, -0.15) is 10.2 Å². The van der Waals surface area contributed by atoms with Gasteiger partial charge in [-0.3, -0.25) is 4.79 Å². The molecule has 4 heteroatoms. The number of primary amides is 1. The Morgan fingerprint density at radius 3 is 2.61 bits per heavy atom. The highest BCUT2D eigenvalue weighted by Gasteiger charge is 2.10. The van der Waals surface area contributed by atoms with Crippen LogP contribution in [0.15, 0.2) is 49.1 Å². The van der Waals surface area contributed by atoms with E-state index >= 15 is 0 Å². The smallest absolute Gasteiger partial charge is 0.249 e. The van der Waals surface area contributed by atoms with Gasteiger partial charge in [0.15, 0.2) is 0 Å². The number of carbonyl (C=O) groups is 1. The quantitative estimate of drug-likeness (QED) is 0.829. The zero-order valence-corrected chi connectivity index (χ0v) is 9.84. The van der Waals surface area contributed by atoms with Gasteiger partial charge in [-0.25, -0.2) is 0 Å². The van der Waals surface area contributed by atoms with Gasteiger partial charge in [-0.1, -0.05) is 24.3 Å². The van der Waals surface area contributed by atoms with Crippen molar-refractivity contribution in [1.29, 1.82) is 0 Å². The highest BCUT2D eigenvalue weighted by atomic mass is 16.1. The summed E-state index contributed by atoms with van der Waals surface area (Å²) in [6, 6.07) is 10.8. The lowest BCUT2D eigenvalue weighted by molar-refractivity contribution is 0.100. The van der Waals surface area contributed by atoms with Crippen LogP contribution < -0.4 is 5.73 Å². The Labute approximate surface area is 105 Å². The van der Waals surface area contributed by atoms with Crippen molar-refractivity contribution in [3.8, 4) is 11.3 Å². The van der Waals surface area contributed by atoms with Gasteiger partial charge in [0.25, 0.3) is 0 Å². The molecule has 0 atom stereocenters. The van der Waals surface area contributed by atoms with Crippen LogP contribution in [-0.4, -0.2) is 16.1 Å². The van der Waals surface area contributed by atoms with Crippen LogP contribution in [0.4, 0.5) is 0 Å². The molecule has 1 aromatic heterocycles. The largest absolute Gasteiger partial charge is 0.366 e. The van der Waals surface area contributed by atoms with Gasteiger partial charge in [0.2, 0.25) is 5.91 Å². The minimum absolute atomic E-state index is 0.447. The van der Waals surface area contributed by atoms with E-state index in [0.717, 1.165) is 5.69 Å². The van der Waals surface area contributed by atoms with Crippen molar-refractivity contribution >= 4 is 5.91 Å². The van der Waals surface area contributed by atoms with E-state index < -0.39 is 5.91 Å². The topological polar surface area (TPSA) is 68.9 Å². The van der Waals surface area contributed by atoms with Crippen molar-refractivity contribution in [1.82, 2.24) is 10.2 Å². The first-order valence-corrected chi connectivity index (χ1v) is 5.55. The fourth-order valence-corrected chi connectivity index (χ4v) is 1.68. The lowest BCUT2D eigenvalue weighted by Crippen LogP contribution is -2.12. The van der Waals surface area contributed by atoms with Crippen molar-refractivity contribution in [3.05, 3.63) is 60.3 Å². The van der Waals surface area contributed by atoms with Crippen LogP contribution in [0, 0.1) is 0 Å². The summed E-state index contributed by atoms with van der Waals surface area (Å²) in [4.78, 5) is 11.3. The number of amides is 1. The lowest BCUT2D eigenvalue weighted by atomic mass is 10.0. The first kappa shape index (κ1) is 12.0. The van der Waals surface area contributed by atoms with Crippen LogP contribution in [-0.2, 0) is 6.42 Å². The predicted octanol–water partition coefficient (Wildman–Crippen LogP) is 1.97. The molecule has 0 spiro atoms. The van der Waals surface area contributed by atoms with Crippen LogP contribution in [0.1, 0.15) is 16.1 Å². The minimum atomic E-state index is -0.470. The molecule has 18 heavy (non-hydrogen) atoms. The SMILES string of the molecule is C=CCc1ccc(-c2ccccc2C(N)=O)nn1. The summed E-state index contributed by atoms with van der Waals surface area (Å²) in [5, 5.41) is 8.18. The molecule has 4 nitrogen and oxygen atoms in total. The molecule has 1 heterocycles. The van der Waals surface area contributed by atoms with Crippen molar-refractivity contribution in [3.63, 3.8) is 0 Å². The van der Waals surface area contributed by atoms with E-state index in [0.29, 0.717) is 23.2 Å². The number of hydrogen-bond acceptors (Lipinski definition) is 3. The summed E-state index contributed by atoms with van der Waals surface area (Å²) in [6.07, 6.45) is 2.44. The molecule has 0 fully saturated rings. The van der Waals surface area contributed by atoms with Gasteiger partial charge in [-0.15, -0.1) is 6.58 Å². The molecule has 1 aromatic carbocycles. The van der Waals surface area contributed by atoms with E-state index in [-0.39, 0.29) is 0 Å². The molecule has 0 saturated heterocycles. The van der Waals surface area contributed by atoms with Gasteiger partial charge in [0.1, 0.15) is 0 Å². The van der Waals surface area contributed by atoms with Crippen molar-refractivity contribution in [2.45, 2.75) is 6.42 Å². The number of carbonyl (C=O) groups excluding carboxylic acids is 1. The maximum Gasteiger partial charge on any atom is 0.249 e. The van der Waals surface area contributed by atoms with Crippen molar-refractivity contribution < 1.29 is 4.79 Å². The second-order valence-electron chi connectivity index (χ2n) is 3.81. The number of nitrogens with two attached hydrogens (primary N) is 1. The minimum Gasteiger partial charge on any atom is -0.366 e. The maximum atomic E-state index is 11.3. The zero-order valence-electron chi connectivity index (χ0n) is 9.84. The van der Waals surface area contributed by atoms with Gasteiger partial charge in [0, 0.05) is 17.5 Å². The fourth-order valence-electron chi connectivity index (χ4n) is 1.68. The van der Waals surface area contributed by atoms with E-state index in [1.807, 2.05) is 18.2 Å². The Morgan fingerprint density at radius 1 is 1.22 bits per heavy atom. The molecule has 0 radical (unpaired) electrons. The molecule has 0 unspecified atom stereocenters. The highest BCUT2D eigenvalue weighted by Crippen LogP contribution is 2.20. The molecule has 90 valence electrons. The molecular weight excluding hydrogens is 226 g/mol. The zero-order chi connectivity index (χ0) is 13.0. The number of hydrogen-bond donors (Lipinski definition) is 1. The first-order chi connectivity index (χ1) is 8.72. The third kappa shape index (κ3) is 2.43. The number of benzene rings is 1. The van der Waals surface area contributed by atoms with Gasteiger partial charge in [0.05, 0.1) is 11.4 Å². The van der Waals surface area contributed by atoms with Gasteiger partial charge < -0.3 is 5.73 Å². The average molecular weight is 239 g/mol. The Balaban J connectivity index is 2.42. The number of rotatable bonds is 4. The van der Waals surface area contributed by atoms with E-state index in [2.05, 4.69) is 16.8 Å². The summed E-state index contributed by atoms with van der Waals surface area (Å²) in [5.74, 6) is -0.470. The second-order valence-corrected chi connectivity index (χ2v) is 3.81. The number of allylic oxidation sites excluding steroid dienone is 1. The van der Waals surface area contributed by atoms with Crippen molar-refractivity contribution in [2.24, 2.45) is 5.73 Å². The van der Waals surface area contributed by atoms with E-state index in [9.17, 15) is 4.79 Å². The molecule has 0 bridgehead atoms. The second kappa shape index (κ2) is 5.23. The van der Waals surface area contributed by atoms with Crippen LogP contribution in [0.25, 0.3) is 11.3 Å². The maximum absolute atomic E-state index is 11.3. The van der Waals surface area contributed by atoms with E-state index in [1.54, 1.807) is 24.3 Å². The van der Waals surface area contributed by atoms with E-state index in [1.165, 1.54) is 0 Å².